The molecule has 1 fully saturated rings. The fourth-order valence-electron chi connectivity index (χ4n) is 3.63. The molecule has 0 saturated carbocycles. The Labute approximate surface area is 183 Å². The van der Waals surface area contributed by atoms with Crippen molar-refractivity contribution in [1.82, 2.24) is 15.4 Å². The maximum Gasteiger partial charge on any atom is 0.275 e. The van der Waals surface area contributed by atoms with E-state index in [2.05, 4.69) is 10.5 Å². The number of aromatic nitrogens is 1. The van der Waals surface area contributed by atoms with Crippen molar-refractivity contribution in [3.63, 3.8) is 0 Å². The van der Waals surface area contributed by atoms with Crippen molar-refractivity contribution in [3.05, 3.63) is 46.8 Å². The van der Waals surface area contributed by atoms with Crippen molar-refractivity contribution in [3.8, 4) is 5.75 Å². The predicted molar refractivity (Wildman–Crippen MR) is 116 cm³/mol. The Bertz CT molecular complexity index is 887. The molecule has 0 bridgehead atoms. The summed E-state index contributed by atoms with van der Waals surface area (Å²) in [5.41, 5.74) is 2.17. The summed E-state index contributed by atoms with van der Waals surface area (Å²) in [7, 11) is 0. The lowest BCUT2D eigenvalue weighted by Gasteiger charge is -2.32. The van der Waals surface area contributed by atoms with Crippen LogP contribution in [0.25, 0.3) is 0 Å². The third-order valence-electron chi connectivity index (χ3n) is 5.35. The second-order valence-electron chi connectivity index (χ2n) is 9.13. The fraction of sp³-hybridized carbons (Fsp3) is 0.522. The number of hydrogen-bond acceptors (Lipinski definition) is 5. The molecule has 8 nitrogen and oxygen atoms in total. The molecule has 1 aromatic carbocycles. The predicted octanol–water partition coefficient (Wildman–Crippen LogP) is 1.13. The summed E-state index contributed by atoms with van der Waals surface area (Å²) in [6.45, 7) is 13.3. The molecule has 0 unspecified atom stereocenters. The van der Waals surface area contributed by atoms with Crippen LogP contribution in [0.5, 0.6) is 5.75 Å². The number of piperazine rings is 1. The van der Waals surface area contributed by atoms with E-state index >= 15 is 0 Å². The minimum atomic E-state index is -0.225. The van der Waals surface area contributed by atoms with Gasteiger partial charge in [-0.2, -0.15) is 0 Å². The molecule has 0 atom stereocenters. The fourth-order valence-corrected chi connectivity index (χ4v) is 3.63. The first kappa shape index (κ1) is 22.8. The average Bonchev–Trinajstić information content (AvgIpc) is 3.03. The number of carbonyl (C=O) groups is 2. The number of carbonyl (C=O) groups excluding carboxylic acids is 2. The number of nitrogens with zero attached hydrogens (tertiary/aromatic N) is 2. The Kier molecular flexibility index (Phi) is 7.00. The molecule has 2 aromatic rings. The zero-order valence-corrected chi connectivity index (χ0v) is 19.1. The second-order valence-corrected chi connectivity index (χ2v) is 9.13. The monoisotopic (exact) mass is 429 g/mol. The van der Waals surface area contributed by atoms with Crippen LogP contribution in [0.2, 0.25) is 0 Å². The van der Waals surface area contributed by atoms with Gasteiger partial charge in [0.05, 0.1) is 37.4 Å². The summed E-state index contributed by atoms with van der Waals surface area (Å²) in [5.74, 6) is 1.50. The van der Waals surface area contributed by atoms with Gasteiger partial charge in [0.15, 0.2) is 6.54 Å². The van der Waals surface area contributed by atoms with E-state index in [-0.39, 0.29) is 17.4 Å². The molecule has 31 heavy (non-hydrogen) atoms. The van der Waals surface area contributed by atoms with Crippen LogP contribution in [0.15, 0.2) is 28.8 Å². The molecule has 2 amide bonds. The van der Waals surface area contributed by atoms with Crippen molar-refractivity contribution >= 4 is 11.8 Å². The Morgan fingerprint density at radius 3 is 2.35 bits per heavy atom. The van der Waals surface area contributed by atoms with E-state index in [1.165, 1.54) is 4.90 Å². The Morgan fingerprint density at radius 1 is 1.16 bits per heavy atom. The van der Waals surface area contributed by atoms with Crippen LogP contribution in [-0.4, -0.2) is 60.1 Å². The lowest BCUT2D eigenvalue weighted by molar-refractivity contribution is -0.896. The zero-order chi connectivity index (χ0) is 22.6. The van der Waals surface area contributed by atoms with Crippen molar-refractivity contribution < 1.29 is 23.7 Å². The van der Waals surface area contributed by atoms with E-state index in [0.717, 1.165) is 30.1 Å². The van der Waals surface area contributed by atoms with Gasteiger partial charge >= 0.3 is 0 Å². The highest BCUT2D eigenvalue weighted by atomic mass is 16.5. The van der Waals surface area contributed by atoms with Gasteiger partial charge in [-0.25, -0.2) is 0 Å². The standard InChI is InChI=1S/C23H32N4O4/c1-16-20(17(2)31-25-16)15-30-19-8-6-18(7-9-19)22(29)27-12-10-26(11-13-27)14-21(28)24-23(3,4)5/h6-9H,10-15H2,1-5H3,(H,24,28)/p+1. The van der Waals surface area contributed by atoms with Crippen molar-refractivity contribution in [2.24, 2.45) is 0 Å². The number of hydrogen-bond donors (Lipinski definition) is 2. The number of aryl methyl sites for hydroxylation is 2. The molecule has 0 aliphatic carbocycles. The van der Waals surface area contributed by atoms with Crippen LogP contribution in [-0.2, 0) is 11.4 Å². The number of ether oxygens (including phenoxy) is 1. The number of benzene rings is 1. The van der Waals surface area contributed by atoms with Gasteiger partial charge in [0.2, 0.25) is 0 Å². The molecule has 0 spiro atoms. The van der Waals surface area contributed by atoms with Gasteiger partial charge in [-0.1, -0.05) is 5.16 Å². The molecule has 0 radical (unpaired) electrons. The van der Waals surface area contributed by atoms with E-state index in [1.807, 2.05) is 51.7 Å². The van der Waals surface area contributed by atoms with Crippen molar-refractivity contribution in [1.29, 1.82) is 0 Å². The normalized spacial score (nSPS) is 15.1. The van der Waals surface area contributed by atoms with Crippen LogP contribution >= 0.6 is 0 Å². The minimum Gasteiger partial charge on any atom is -0.489 e. The molecule has 1 aromatic heterocycles. The number of quaternary nitrogens is 1. The summed E-state index contributed by atoms with van der Waals surface area (Å²) in [4.78, 5) is 28.0. The summed E-state index contributed by atoms with van der Waals surface area (Å²) < 4.78 is 11.0. The molecular formula is C23H33N4O4+. The summed E-state index contributed by atoms with van der Waals surface area (Å²) in [6.07, 6.45) is 0. The Morgan fingerprint density at radius 2 is 1.81 bits per heavy atom. The van der Waals surface area contributed by atoms with E-state index in [9.17, 15) is 9.59 Å². The van der Waals surface area contributed by atoms with Gasteiger partial charge in [-0.15, -0.1) is 0 Å². The summed E-state index contributed by atoms with van der Waals surface area (Å²) >= 11 is 0. The molecule has 1 aliphatic heterocycles. The highest BCUT2D eigenvalue weighted by Crippen LogP contribution is 2.18. The third kappa shape index (κ3) is 6.30. The van der Waals surface area contributed by atoms with E-state index in [4.69, 9.17) is 9.26 Å². The Balaban J connectivity index is 1.48. The maximum absolute atomic E-state index is 12.8. The van der Waals surface area contributed by atoms with E-state index < -0.39 is 0 Å². The zero-order valence-electron chi connectivity index (χ0n) is 19.1. The topological polar surface area (TPSA) is 89.1 Å². The summed E-state index contributed by atoms with van der Waals surface area (Å²) in [5, 5.41) is 6.92. The minimum absolute atomic E-state index is 0.00969. The first-order valence-electron chi connectivity index (χ1n) is 10.7. The van der Waals surface area contributed by atoms with Crippen molar-refractivity contribution in [2.45, 2.75) is 46.8 Å². The molecule has 2 N–H and O–H groups in total. The van der Waals surface area contributed by atoms with Crippen LogP contribution in [0, 0.1) is 13.8 Å². The first-order chi connectivity index (χ1) is 14.6. The highest BCUT2D eigenvalue weighted by molar-refractivity contribution is 5.94. The smallest absolute Gasteiger partial charge is 0.275 e. The van der Waals surface area contributed by atoms with Crippen LogP contribution in [0.3, 0.4) is 0 Å². The lowest BCUT2D eigenvalue weighted by Crippen LogP contribution is -3.16. The quantitative estimate of drug-likeness (QED) is 0.719. The van der Waals surface area contributed by atoms with Gasteiger partial charge in [0.25, 0.3) is 11.8 Å². The SMILES string of the molecule is Cc1noc(C)c1COc1ccc(C(=O)N2CC[NH+](CC(=O)NC(C)(C)C)CC2)cc1. The largest absolute Gasteiger partial charge is 0.489 e. The third-order valence-corrected chi connectivity index (χ3v) is 5.35. The van der Waals surface area contributed by atoms with Gasteiger partial charge in [0.1, 0.15) is 18.1 Å². The average molecular weight is 430 g/mol. The molecule has 2 heterocycles. The molecule has 168 valence electrons. The Hall–Kier alpha value is -2.87. The number of nitrogens with one attached hydrogen (secondary N) is 2. The molecule has 1 saturated heterocycles. The van der Waals surface area contributed by atoms with Gasteiger partial charge in [-0.3, -0.25) is 9.59 Å². The summed E-state index contributed by atoms with van der Waals surface area (Å²) in [6, 6.07) is 7.20. The molecule has 3 rings (SSSR count). The van der Waals surface area contributed by atoms with Crippen molar-refractivity contribution in [2.75, 3.05) is 32.7 Å². The van der Waals surface area contributed by atoms with Crippen LogP contribution in [0.1, 0.15) is 48.1 Å². The molecule has 8 heteroatoms. The van der Waals surface area contributed by atoms with E-state index in [1.54, 1.807) is 12.1 Å². The second kappa shape index (κ2) is 9.51. The van der Waals surface area contributed by atoms with Gasteiger partial charge in [0, 0.05) is 11.1 Å². The number of amides is 2. The molecule has 1 aliphatic rings. The molecular weight excluding hydrogens is 396 g/mol. The van der Waals surface area contributed by atoms with E-state index in [0.29, 0.717) is 37.6 Å². The van der Waals surface area contributed by atoms with Gasteiger partial charge < -0.3 is 24.4 Å². The van der Waals surface area contributed by atoms with Gasteiger partial charge in [-0.05, 0) is 58.9 Å². The first-order valence-corrected chi connectivity index (χ1v) is 10.7. The van der Waals surface area contributed by atoms with Crippen LogP contribution in [0.4, 0.5) is 0 Å². The maximum atomic E-state index is 12.8. The highest BCUT2D eigenvalue weighted by Gasteiger charge is 2.27. The lowest BCUT2D eigenvalue weighted by atomic mass is 10.1. The number of rotatable bonds is 6. The van der Waals surface area contributed by atoms with Crippen LogP contribution < -0.4 is 15.0 Å².